The molecule has 0 fully saturated rings. The van der Waals surface area contributed by atoms with Crippen LogP contribution in [0.1, 0.15) is 0 Å². The maximum Gasteiger partial charge on any atom is 0.242 e. The van der Waals surface area contributed by atoms with Gasteiger partial charge in [0.25, 0.3) is 0 Å². The Kier molecular flexibility index (Phi) is 2.80. The van der Waals surface area contributed by atoms with Crippen LogP contribution in [0.5, 0.6) is 0 Å². The van der Waals surface area contributed by atoms with Crippen molar-refractivity contribution in [3.8, 4) is 11.3 Å². The van der Waals surface area contributed by atoms with Crippen LogP contribution in [0.4, 0.5) is 11.8 Å². The van der Waals surface area contributed by atoms with Crippen LogP contribution in [-0.2, 0) is 0 Å². The Balaban J connectivity index is 2.68. The second kappa shape index (κ2) is 4.11. The standard InChI is InChI=1S/C9H7Cl2N5/c10-4-2-1-3-5(11)6(4)7-8(12)14-9(13)16-15-7/h1-3H,(H4,12,13,14,16). The fourth-order valence-electron chi connectivity index (χ4n) is 1.25. The third-order valence-corrected chi connectivity index (χ3v) is 2.56. The zero-order chi connectivity index (χ0) is 11.7. The van der Waals surface area contributed by atoms with Gasteiger partial charge in [0, 0.05) is 5.56 Å². The van der Waals surface area contributed by atoms with Crippen LogP contribution >= 0.6 is 23.2 Å². The molecule has 0 aliphatic heterocycles. The number of hydrogen-bond acceptors (Lipinski definition) is 5. The minimum Gasteiger partial charge on any atom is -0.382 e. The molecule has 2 rings (SSSR count). The first-order chi connectivity index (χ1) is 7.59. The van der Waals surface area contributed by atoms with Gasteiger partial charge in [0.1, 0.15) is 5.69 Å². The lowest BCUT2D eigenvalue weighted by atomic mass is 10.1. The molecule has 0 unspecified atom stereocenters. The van der Waals surface area contributed by atoms with Crippen molar-refractivity contribution >= 4 is 35.0 Å². The normalized spacial score (nSPS) is 10.4. The molecule has 0 saturated carbocycles. The fraction of sp³-hybridized carbons (Fsp3) is 0. The van der Waals surface area contributed by atoms with E-state index in [1.54, 1.807) is 18.2 Å². The Morgan fingerprint density at radius 3 is 2.19 bits per heavy atom. The molecule has 1 aromatic carbocycles. The second-order valence-corrected chi connectivity index (χ2v) is 3.81. The molecule has 0 saturated heterocycles. The Morgan fingerprint density at radius 1 is 1.00 bits per heavy atom. The maximum atomic E-state index is 6.01. The van der Waals surface area contributed by atoms with Crippen LogP contribution in [0.2, 0.25) is 10.0 Å². The summed E-state index contributed by atoms with van der Waals surface area (Å²) in [5, 5.41) is 8.32. The number of rotatable bonds is 1. The first-order valence-electron chi connectivity index (χ1n) is 4.29. The lowest BCUT2D eigenvalue weighted by Gasteiger charge is -2.07. The fourth-order valence-corrected chi connectivity index (χ4v) is 1.83. The van der Waals surface area contributed by atoms with E-state index in [1.165, 1.54) is 0 Å². The van der Waals surface area contributed by atoms with Crippen LogP contribution in [0.3, 0.4) is 0 Å². The van der Waals surface area contributed by atoms with Crippen LogP contribution in [-0.4, -0.2) is 15.2 Å². The quantitative estimate of drug-likeness (QED) is 0.814. The lowest BCUT2D eigenvalue weighted by Crippen LogP contribution is -2.04. The molecule has 5 nitrogen and oxygen atoms in total. The summed E-state index contributed by atoms with van der Waals surface area (Å²) in [5.41, 5.74) is 11.9. The Labute approximate surface area is 101 Å². The molecule has 4 N–H and O–H groups in total. The summed E-state index contributed by atoms with van der Waals surface area (Å²) in [6.45, 7) is 0. The van der Waals surface area contributed by atoms with E-state index in [9.17, 15) is 0 Å². The van der Waals surface area contributed by atoms with E-state index in [0.717, 1.165) is 0 Å². The Bertz CT molecular complexity index is 523. The molecular weight excluding hydrogens is 249 g/mol. The summed E-state index contributed by atoms with van der Waals surface area (Å²) in [6.07, 6.45) is 0. The number of anilines is 2. The molecule has 1 heterocycles. The lowest BCUT2D eigenvalue weighted by molar-refractivity contribution is 1.000. The Morgan fingerprint density at radius 2 is 1.62 bits per heavy atom. The molecule has 2 aromatic rings. The smallest absolute Gasteiger partial charge is 0.242 e. The van der Waals surface area contributed by atoms with E-state index >= 15 is 0 Å². The van der Waals surface area contributed by atoms with E-state index in [1.807, 2.05) is 0 Å². The molecule has 0 amide bonds. The van der Waals surface area contributed by atoms with E-state index in [4.69, 9.17) is 34.7 Å². The second-order valence-electron chi connectivity index (χ2n) is 3.00. The van der Waals surface area contributed by atoms with Crippen molar-refractivity contribution in [1.82, 2.24) is 15.2 Å². The van der Waals surface area contributed by atoms with Gasteiger partial charge in [-0.3, -0.25) is 0 Å². The first-order valence-corrected chi connectivity index (χ1v) is 5.05. The van der Waals surface area contributed by atoms with Crippen molar-refractivity contribution in [3.63, 3.8) is 0 Å². The van der Waals surface area contributed by atoms with Gasteiger partial charge >= 0.3 is 0 Å². The van der Waals surface area contributed by atoms with Gasteiger partial charge in [0.15, 0.2) is 5.82 Å². The van der Waals surface area contributed by atoms with E-state index in [0.29, 0.717) is 21.3 Å². The Hall–Kier alpha value is -1.59. The highest BCUT2D eigenvalue weighted by molar-refractivity contribution is 6.39. The molecule has 16 heavy (non-hydrogen) atoms. The number of aromatic nitrogens is 3. The van der Waals surface area contributed by atoms with Gasteiger partial charge in [-0.05, 0) is 12.1 Å². The summed E-state index contributed by atoms with van der Waals surface area (Å²) >= 11 is 12.0. The van der Waals surface area contributed by atoms with Crippen LogP contribution < -0.4 is 11.5 Å². The van der Waals surface area contributed by atoms with E-state index in [-0.39, 0.29) is 11.8 Å². The van der Waals surface area contributed by atoms with Gasteiger partial charge in [-0.15, -0.1) is 10.2 Å². The number of nitrogen functional groups attached to an aromatic ring is 2. The van der Waals surface area contributed by atoms with E-state index in [2.05, 4.69) is 15.2 Å². The molecule has 7 heteroatoms. The van der Waals surface area contributed by atoms with Crippen molar-refractivity contribution in [1.29, 1.82) is 0 Å². The summed E-state index contributed by atoms with van der Waals surface area (Å²) in [5.74, 6) is 0.145. The van der Waals surface area contributed by atoms with Gasteiger partial charge in [0.05, 0.1) is 10.0 Å². The summed E-state index contributed by atoms with van der Waals surface area (Å²) in [7, 11) is 0. The van der Waals surface area contributed by atoms with Gasteiger partial charge < -0.3 is 11.5 Å². The molecule has 82 valence electrons. The van der Waals surface area contributed by atoms with E-state index < -0.39 is 0 Å². The third kappa shape index (κ3) is 1.87. The number of hydrogen-bond donors (Lipinski definition) is 2. The van der Waals surface area contributed by atoms with Crippen molar-refractivity contribution in [2.45, 2.75) is 0 Å². The minimum atomic E-state index is 0.00410. The molecule has 0 bridgehead atoms. The first kappa shape index (κ1) is 10.9. The summed E-state index contributed by atoms with van der Waals surface area (Å²) in [4.78, 5) is 3.80. The largest absolute Gasteiger partial charge is 0.382 e. The van der Waals surface area contributed by atoms with Crippen LogP contribution in [0.25, 0.3) is 11.3 Å². The van der Waals surface area contributed by atoms with Gasteiger partial charge in [0.2, 0.25) is 5.95 Å². The summed E-state index contributed by atoms with van der Waals surface area (Å²) in [6, 6.07) is 5.09. The predicted octanol–water partition coefficient (Wildman–Crippen LogP) is 2.01. The SMILES string of the molecule is Nc1nnc(-c2c(Cl)cccc2Cl)c(N)n1. The van der Waals surface area contributed by atoms with Gasteiger partial charge in [-0.1, -0.05) is 29.3 Å². The topological polar surface area (TPSA) is 90.7 Å². The average Bonchev–Trinajstić information content (AvgIpc) is 2.20. The molecule has 0 aliphatic rings. The molecular formula is C9H7Cl2N5. The highest BCUT2D eigenvalue weighted by atomic mass is 35.5. The van der Waals surface area contributed by atoms with Crippen LogP contribution in [0.15, 0.2) is 18.2 Å². The highest BCUT2D eigenvalue weighted by Gasteiger charge is 2.14. The molecule has 0 radical (unpaired) electrons. The highest BCUT2D eigenvalue weighted by Crippen LogP contribution is 2.35. The zero-order valence-corrected chi connectivity index (χ0v) is 9.50. The molecule has 0 atom stereocenters. The third-order valence-electron chi connectivity index (χ3n) is 1.93. The monoisotopic (exact) mass is 255 g/mol. The van der Waals surface area contributed by atoms with Gasteiger partial charge in [-0.25, -0.2) is 0 Å². The number of halogens is 2. The zero-order valence-electron chi connectivity index (χ0n) is 7.98. The van der Waals surface area contributed by atoms with Crippen LogP contribution in [0, 0.1) is 0 Å². The molecule has 0 aliphatic carbocycles. The number of benzene rings is 1. The van der Waals surface area contributed by atoms with Crippen molar-refractivity contribution in [2.24, 2.45) is 0 Å². The minimum absolute atomic E-state index is 0.00410. The maximum absolute atomic E-state index is 6.01. The average molecular weight is 256 g/mol. The van der Waals surface area contributed by atoms with Crippen molar-refractivity contribution in [3.05, 3.63) is 28.2 Å². The number of nitrogens with two attached hydrogens (primary N) is 2. The van der Waals surface area contributed by atoms with Gasteiger partial charge in [-0.2, -0.15) is 4.98 Å². The predicted molar refractivity (Wildman–Crippen MR) is 64.1 cm³/mol. The summed E-state index contributed by atoms with van der Waals surface area (Å²) < 4.78 is 0. The molecule has 0 spiro atoms. The number of nitrogens with zero attached hydrogens (tertiary/aromatic N) is 3. The van der Waals surface area contributed by atoms with Crippen molar-refractivity contribution in [2.75, 3.05) is 11.5 Å². The molecule has 1 aromatic heterocycles. The van der Waals surface area contributed by atoms with Crippen molar-refractivity contribution < 1.29 is 0 Å².